The lowest BCUT2D eigenvalue weighted by Gasteiger charge is -1.99. The Morgan fingerprint density at radius 2 is 2.15 bits per heavy atom. The SMILES string of the molecule is Nc1cc(CO)c2nc(N)[nH]c2c1. The Hall–Kier alpha value is -1.75. The van der Waals surface area contributed by atoms with E-state index < -0.39 is 0 Å². The number of imidazole rings is 1. The number of nitrogens with two attached hydrogens (primary N) is 2. The molecule has 0 spiro atoms. The number of nitrogen functional groups attached to an aromatic ring is 2. The van der Waals surface area contributed by atoms with Crippen LogP contribution in [0.4, 0.5) is 11.6 Å². The number of nitrogens with zero attached hydrogens (tertiary/aromatic N) is 1. The van der Waals surface area contributed by atoms with Crippen LogP contribution in [0.1, 0.15) is 5.56 Å². The maximum absolute atomic E-state index is 9.02. The Morgan fingerprint density at radius 3 is 2.85 bits per heavy atom. The van der Waals surface area contributed by atoms with E-state index in [1.54, 1.807) is 12.1 Å². The fraction of sp³-hybridized carbons (Fsp3) is 0.125. The maximum Gasteiger partial charge on any atom is 0.198 e. The van der Waals surface area contributed by atoms with Gasteiger partial charge in [0.15, 0.2) is 5.95 Å². The van der Waals surface area contributed by atoms with Gasteiger partial charge in [-0.05, 0) is 12.1 Å². The summed E-state index contributed by atoms with van der Waals surface area (Å²) < 4.78 is 0. The van der Waals surface area contributed by atoms with E-state index in [1.165, 1.54) is 0 Å². The zero-order chi connectivity index (χ0) is 9.42. The number of nitrogens with one attached hydrogen (secondary N) is 1. The van der Waals surface area contributed by atoms with Crippen LogP contribution in [0.5, 0.6) is 0 Å². The number of aliphatic hydroxyl groups excluding tert-OH is 1. The summed E-state index contributed by atoms with van der Waals surface area (Å²) in [6.45, 7) is -0.0914. The Morgan fingerprint density at radius 1 is 1.38 bits per heavy atom. The van der Waals surface area contributed by atoms with Crippen LogP contribution in [0.2, 0.25) is 0 Å². The number of aliphatic hydroxyl groups is 1. The molecular weight excluding hydrogens is 168 g/mol. The fourth-order valence-electron chi connectivity index (χ4n) is 1.35. The Labute approximate surface area is 74.4 Å². The number of anilines is 2. The van der Waals surface area contributed by atoms with Crippen LogP contribution in [-0.4, -0.2) is 15.1 Å². The quantitative estimate of drug-likeness (QED) is 0.469. The Balaban J connectivity index is 2.80. The molecule has 0 saturated heterocycles. The minimum atomic E-state index is -0.0914. The molecule has 5 heteroatoms. The van der Waals surface area contributed by atoms with Crippen LogP contribution in [0.15, 0.2) is 12.1 Å². The second-order valence-corrected chi connectivity index (χ2v) is 2.86. The van der Waals surface area contributed by atoms with E-state index >= 15 is 0 Å². The van der Waals surface area contributed by atoms with Crippen molar-refractivity contribution >= 4 is 22.7 Å². The number of hydrogen-bond donors (Lipinski definition) is 4. The highest BCUT2D eigenvalue weighted by Crippen LogP contribution is 2.21. The summed E-state index contributed by atoms with van der Waals surface area (Å²) in [5.74, 6) is 0.329. The van der Waals surface area contributed by atoms with Crippen LogP contribution in [0.25, 0.3) is 11.0 Å². The van der Waals surface area contributed by atoms with Crippen molar-refractivity contribution in [2.24, 2.45) is 0 Å². The third-order valence-corrected chi connectivity index (χ3v) is 1.88. The monoisotopic (exact) mass is 178 g/mol. The Bertz CT molecular complexity index is 449. The first-order valence-corrected chi connectivity index (χ1v) is 3.85. The summed E-state index contributed by atoms with van der Waals surface area (Å²) in [4.78, 5) is 6.88. The highest BCUT2D eigenvalue weighted by molar-refractivity contribution is 5.83. The summed E-state index contributed by atoms with van der Waals surface area (Å²) in [6.07, 6.45) is 0. The smallest absolute Gasteiger partial charge is 0.198 e. The largest absolute Gasteiger partial charge is 0.399 e. The van der Waals surface area contributed by atoms with E-state index in [4.69, 9.17) is 16.6 Å². The van der Waals surface area contributed by atoms with Gasteiger partial charge in [0.2, 0.25) is 0 Å². The summed E-state index contributed by atoms with van der Waals surface area (Å²) in [6, 6.07) is 3.42. The first-order valence-electron chi connectivity index (χ1n) is 3.85. The predicted octanol–water partition coefficient (Wildman–Crippen LogP) is 0.220. The summed E-state index contributed by atoms with van der Waals surface area (Å²) in [7, 11) is 0. The normalized spacial score (nSPS) is 10.8. The molecule has 2 aromatic rings. The van der Waals surface area contributed by atoms with Crippen molar-refractivity contribution in [1.82, 2.24) is 9.97 Å². The van der Waals surface area contributed by atoms with Crippen molar-refractivity contribution in [1.29, 1.82) is 0 Å². The van der Waals surface area contributed by atoms with Crippen molar-refractivity contribution in [3.8, 4) is 0 Å². The maximum atomic E-state index is 9.02. The first kappa shape index (κ1) is 7.88. The molecule has 0 aliphatic heterocycles. The van der Waals surface area contributed by atoms with Gasteiger partial charge in [0.05, 0.1) is 17.6 Å². The summed E-state index contributed by atoms with van der Waals surface area (Å²) >= 11 is 0. The van der Waals surface area contributed by atoms with Gasteiger partial charge in [-0.15, -0.1) is 0 Å². The van der Waals surface area contributed by atoms with E-state index in [1.807, 2.05) is 0 Å². The van der Waals surface area contributed by atoms with E-state index in [-0.39, 0.29) is 6.61 Å². The molecule has 1 aromatic heterocycles. The highest BCUT2D eigenvalue weighted by Gasteiger charge is 2.05. The van der Waals surface area contributed by atoms with Crippen molar-refractivity contribution in [2.45, 2.75) is 6.61 Å². The minimum absolute atomic E-state index is 0.0914. The molecule has 2 rings (SSSR count). The predicted molar refractivity (Wildman–Crippen MR) is 50.8 cm³/mol. The molecule has 5 nitrogen and oxygen atoms in total. The number of benzene rings is 1. The highest BCUT2D eigenvalue weighted by atomic mass is 16.3. The van der Waals surface area contributed by atoms with Crippen LogP contribution in [0.3, 0.4) is 0 Å². The van der Waals surface area contributed by atoms with E-state index in [2.05, 4.69) is 9.97 Å². The van der Waals surface area contributed by atoms with Gasteiger partial charge in [-0.3, -0.25) is 0 Å². The molecule has 0 atom stereocenters. The number of fused-ring (bicyclic) bond motifs is 1. The molecule has 1 aromatic carbocycles. The molecule has 13 heavy (non-hydrogen) atoms. The number of rotatable bonds is 1. The van der Waals surface area contributed by atoms with Crippen molar-refractivity contribution < 1.29 is 5.11 Å². The lowest BCUT2D eigenvalue weighted by atomic mass is 10.2. The van der Waals surface area contributed by atoms with E-state index in [0.29, 0.717) is 22.7 Å². The standard InChI is InChI=1S/C8H10N4O/c9-5-1-4(3-13)7-6(2-5)11-8(10)12-7/h1-2,13H,3,9H2,(H3,10,11,12). The number of H-pyrrole nitrogens is 1. The number of hydrogen-bond acceptors (Lipinski definition) is 4. The molecule has 0 amide bonds. The molecule has 0 radical (unpaired) electrons. The van der Waals surface area contributed by atoms with Crippen molar-refractivity contribution in [2.75, 3.05) is 11.5 Å². The molecule has 0 bridgehead atoms. The lowest BCUT2D eigenvalue weighted by Crippen LogP contribution is -1.90. The molecule has 6 N–H and O–H groups in total. The zero-order valence-corrected chi connectivity index (χ0v) is 6.91. The zero-order valence-electron chi connectivity index (χ0n) is 6.91. The van der Waals surface area contributed by atoms with E-state index in [9.17, 15) is 0 Å². The summed E-state index contributed by atoms with van der Waals surface area (Å²) in [5.41, 5.74) is 13.8. The van der Waals surface area contributed by atoms with Gasteiger partial charge >= 0.3 is 0 Å². The molecule has 1 heterocycles. The molecular formula is C8H10N4O. The van der Waals surface area contributed by atoms with Gasteiger partial charge in [-0.2, -0.15) is 0 Å². The van der Waals surface area contributed by atoms with E-state index in [0.717, 1.165) is 5.52 Å². The fourth-order valence-corrected chi connectivity index (χ4v) is 1.35. The lowest BCUT2D eigenvalue weighted by molar-refractivity contribution is 0.283. The van der Waals surface area contributed by atoms with Gasteiger partial charge in [-0.1, -0.05) is 0 Å². The van der Waals surface area contributed by atoms with Gasteiger partial charge in [0.1, 0.15) is 0 Å². The Kier molecular flexibility index (Phi) is 1.60. The van der Waals surface area contributed by atoms with Gasteiger partial charge in [0.25, 0.3) is 0 Å². The van der Waals surface area contributed by atoms with Crippen LogP contribution in [0, 0.1) is 0 Å². The average Bonchev–Trinajstić information content (AvgIpc) is 2.43. The van der Waals surface area contributed by atoms with Gasteiger partial charge in [0, 0.05) is 11.3 Å². The van der Waals surface area contributed by atoms with Crippen molar-refractivity contribution in [3.05, 3.63) is 17.7 Å². The second-order valence-electron chi connectivity index (χ2n) is 2.86. The molecule has 0 fully saturated rings. The average molecular weight is 178 g/mol. The molecule has 0 saturated carbocycles. The van der Waals surface area contributed by atoms with Crippen LogP contribution >= 0.6 is 0 Å². The van der Waals surface area contributed by atoms with Crippen LogP contribution in [-0.2, 0) is 6.61 Å². The third kappa shape index (κ3) is 1.19. The van der Waals surface area contributed by atoms with Crippen LogP contribution < -0.4 is 11.5 Å². The molecule has 0 aliphatic carbocycles. The third-order valence-electron chi connectivity index (χ3n) is 1.88. The van der Waals surface area contributed by atoms with Crippen molar-refractivity contribution in [3.63, 3.8) is 0 Å². The van der Waals surface area contributed by atoms with Gasteiger partial charge in [-0.25, -0.2) is 4.98 Å². The molecule has 68 valence electrons. The molecule has 0 unspecified atom stereocenters. The second kappa shape index (κ2) is 2.63. The number of aromatic amines is 1. The molecule has 0 aliphatic rings. The summed E-state index contributed by atoms with van der Waals surface area (Å²) in [5, 5.41) is 9.02. The topological polar surface area (TPSA) is 101 Å². The number of aromatic nitrogens is 2. The minimum Gasteiger partial charge on any atom is -0.399 e. The first-order chi connectivity index (χ1) is 6.20. The van der Waals surface area contributed by atoms with Gasteiger partial charge < -0.3 is 21.6 Å².